The van der Waals surface area contributed by atoms with E-state index >= 15 is 0 Å². The molecule has 1 aliphatic carbocycles. The van der Waals surface area contributed by atoms with Crippen LogP contribution in [0, 0.1) is 11.8 Å². The SMILES string of the molecule is NCC1CCCC1C(=O)N1CCCC1c1ccncc1. The minimum absolute atomic E-state index is 0.155. The molecule has 3 atom stereocenters. The molecule has 0 spiro atoms. The number of amides is 1. The lowest BCUT2D eigenvalue weighted by Gasteiger charge is -2.29. The molecule has 108 valence electrons. The highest BCUT2D eigenvalue weighted by Crippen LogP contribution is 2.38. The fourth-order valence-corrected chi connectivity index (χ4v) is 3.82. The average Bonchev–Trinajstić information content (AvgIpc) is 3.16. The standard InChI is InChI=1S/C16H23N3O/c17-11-13-3-1-4-14(13)16(20)19-10-2-5-15(19)12-6-8-18-9-7-12/h6-9,13-15H,1-5,10-11,17H2. The minimum atomic E-state index is 0.155. The van der Waals surface area contributed by atoms with Crippen molar-refractivity contribution in [3.8, 4) is 0 Å². The number of nitrogens with two attached hydrogens (primary N) is 1. The molecule has 1 aromatic heterocycles. The van der Waals surface area contributed by atoms with Gasteiger partial charge in [-0.05, 0) is 55.8 Å². The maximum Gasteiger partial charge on any atom is 0.226 e. The van der Waals surface area contributed by atoms with E-state index in [2.05, 4.69) is 9.88 Å². The van der Waals surface area contributed by atoms with Gasteiger partial charge in [-0.2, -0.15) is 0 Å². The van der Waals surface area contributed by atoms with Crippen LogP contribution in [0.15, 0.2) is 24.5 Å². The van der Waals surface area contributed by atoms with E-state index in [1.165, 1.54) is 5.56 Å². The number of rotatable bonds is 3. The van der Waals surface area contributed by atoms with Gasteiger partial charge in [0.25, 0.3) is 0 Å². The van der Waals surface area contributed by atoms with Gasteiger partial charge in [0.15, 0.2) is 0 Å². The van der Waals surface area contributed by atoms with Crippen LogP contribution < -0.4 is 5.73 Å². The molecule has 3 rings (SSSR count). The van der Waals surface area contributed by atoms with Crippen molar-refractivity contribution in [2.24, 2.45) is 17.6 Å². The number of likely N-dealkylation sites (tertiary alicyclic amines) is 1. The highest BCUT2D eigenvalue weighted by Gasteiger charge is 2.38. The topological polar surface area (TPSA) is 59.2 Å². The first-order chi connectivity index (χ1) is 9.81. The molecule has 2 aliphatic rings. The summed E-state index contributed by atoms with van der Waals surface area (Å²) in [6.07, 6.45) is 9.06. The maximum atomic E-state index is 12.9. The summed E-state index contributed by atoms with van der Waals surface area (Å²) in [4.78, 5) is 19.0. The van der Waals surface area contributed by atoms with Crippen molar-refractivity contribution in [3.05, 3.63) is 30.1 Å². The molecule has 1 saturated carbocycles. The summed E-state index contributed by atoms with van der Waals surface area (Å²) in [5, 5.41) is 0. The number of carbonyl (C=O) groups excluding carboxylic acids is 1. The van der Waals surface area contributed by atoms with Crippen LogP contribution >= 0.6 is 0 Å². The van der Waals surface area contributed by atoms with Crippen molar-refractivity contribution in [2.75, 3.05) is 13.1 Å². The fourth-order valence-electron chi connectivity index (χ4n) is 3.82. The second kappa shape index (κ2) is 5.92. The van der Waals surface area contributed by atoms with Gasteiger partial charge < -0.3 is 10.6 Å². The Labute approximate surface area is 120 Å². The minimum Gasteiger partial charge on any atom is -0.335 e. The van der Waals surface area contributed by atoms with Crippen LogP contribution in [0.2, 0.25) is 0 Å². The lowest BCUT2D eigenvalue weighted by Crippen LogP contribution is -2.38. The van der Waals surface area contributed by atoms with Gasteiger partial charge in [0, 0.05) is 24.9 Å². The zero-order valence-corrected chi connectivity index (χ0v) is 11.9. The molecule has 4 heteroatoms. The highest BCUT2D eigenvalue weighted by atomic mass is 16.2. The van der Waals surface area contributed by atoms with Crippen molar-refractivity contribution in [3.63, 3.8) is 0 Å². The van der Waals surface area contributed by atoms with Crippen molar-refractivity contribution < 1.29 is 4.79 Å². The second-order valence-corrected chi connectivity index (χ2v) is 6.00. The molecule has 1 aromatic rings. The summed E-state index contributed by atoms with van der Waals surface area (Å²) in [6.45, 7) is 1.53. The molecule has 4 nitrogen and oxygen atoms in total. The molecule has 1 saturated heterocycles. The quantitative estimate of drug-likeness (QED) is 0.917. The van der Waals surface area contributed by atoms with Gasteiger partial charge in [0.05, 0.1) is 6.04 Å². The van der Waals surface area contributed by atoms with Crippen molar-refractivity contribution >= 4 is 5.91 Å². The van der Waals surface area contributed by atoms with E-state index in [9.17, 15) is 4.79 Å². The van der Waals surface area contributed by atoms with Gasteiger partial charge in [-0.15, -0.1) is 0 Å². The molecule has 2 N–H and O–H groups in total. The Kier molecular flexibility index (Phi) is 4.01. The van der Waals surface area contributed by atoms with E-state index < -0.39 is 0 Å². The molecule has 0 bridgehead atoms. The summed E-state index contributed by atoms with van der Waals surface area (Å²) in [6, 6.07) is 4.31. The fraction of sp³-hybridized carbons (Fsp3) is 0.625. The number of hydrogen-bond acceptors (Lipinski definition) is 3. The summed E-state index contributed by atoms with van der Waals surface area (Å²) in [5.41, 5.74) is 7.04. The van der Waals surface area contributed by atoms with Crippen LogP contribution in [0.25, 0.3) is 0 Å². The van der Waals surface area contributed by atoms with Gasteiger partial charge >= 0.3 is 0 Å². The molecule has 1 aliphatic heterocycles. The number of nitrogens with zero attached hydrogens (tertiary/aromatic N) is 2. The van der Waals surface area contributed by atoms with Crippen molar-refractivity contribution in [2.45, 2.75) is 38.1 Å². The van der Waals surface area contributed by atoms with E-state index in [4.69, 9.17) is 5.73 Å². The van der Waals surface area contributed by atoms with E-state index in [1.54, 1.807) is 0 Å². The summed E-state index contributed by atoms with van der Waals surface area (Å²) >= 11 is 0. The smallest absolute Gasteiger partial charge is 0.226 e. The third-order valence-corrected chi connectivity index (χ3v) is 4.91. The Morgan fingerprint density at radius 1 is 1.25 bits per heavy atom. The predicted molar refractivity (Wildman–Crippen MR) is 77.8 cm³/mol. The first-order valence-electron chi connectivity index (χ1n) is 7.71. The molecule has 20 heavy (non-hydrogen) atoms. The lowest BCUT2D eigenvalue weighted by molar-refractivity contribution is -0.137. The van der Waals surface area contributed by atoms with E-state index in [-0.39, 0.29) is 12.0 Å². The lowest BCUT2D eigenvalue weighted by atomic mass is 9.94. The van der Waals surface area contributed by atoms with Crippen molar-refractivity contribution in [1.29, 1.82) is 0 Å². The zero-order chi connectivity index (χ0) is 13.9. The normalized spacial score (nSPS) is 29.9. The Morgan fingerprint density at radius 2 is 2.05 bits per heavy atom. The first-order valence-corrected chi connectivity index (χ1v) is 7.71. The predicted octanol–water partition coefficient (Wildman–Crippen LogP) is 2.12. The summed E-state index contributed by atoms with van der Waals surface area (Å²) in [5.74, 6) is 0.876. The third kappa shape index (κ3) is 2.44. The van der Waals surface area contributed by atoms with Gasteiger partial charge in [-0.25, -0.2) is 0 Å². The zero-order valence-electron chi connectivity index (χ0n) is 11.9. The number of pyridine rings is 1. The highest BCUT2D eigenvalue weighted by molar-refractivity contribution is 5.80. The number of aromatic nitrogens is 1. The third-order valence-electron chi connectivity index (χ3n) is 4.91. The monoisotopic (exact) mass is 273 g/mol. The second-order valence-electron chi connectivity index (χ2n) is 6.00. The Morgan fingerprint density at radius 3 is 2.80 bits per heavy atom. The first kappa shape index (κ1) is 13.6. The molecule has 3 unspecified atom stereocenters. The van der Waals surface area contributed by atoms with Crippen LogP contribution in [-0.2, 0) is 4.79 Å². The number of hydrogen-bond donors (Lipinski definition) is 1. The van der Waals surface area contributed by atoms with E-state index in [1.807, 2.05) is 24.5 Å². The van der Waals surface area contributed by atoms with E-state index in [0.29, 0.717) is 18.4 Å². The average molecular weight is 273 g/mol. The number of carbonyl (C=O) groups is 1. The maximum absolute atomic E-state index is 12.9. The largest absolute Gasteiger partial charge is 0.335 e. The van der Waals surface area contributed by atoms with Crippen LogP contribution in [0.5, 0.6) is 0 Å². The van der Waals surface area contributed by atoms with Crippen molar-refractivity contribution in [1.82, 2.24) is 9.88 Å². The van der Waals surface area contributed by atoms with Gasteiger partial charge in [0.2, 0.25) is 5.91 Å². The molecule has 2 fully saturated rings. The van der Waals surface area contributed by atoms with Crippen LogP contribution in [0.1, 0.15) is 43.7 Å². The van der Waals surface area contributed by atoms with E-state index in [0.717, 1.165) is 38.6 Å². The summed E-state index contributed by atoms with van der Waals surface area (Å²) in [7, 11) is 0. The van der Waals surface area contributed by atoms with Gasteiger partial charge in [0.1, 0.15) is 0 Å². The van der Waals surface area contributed by atoms with Gasteiger partial charge in [-0.1, -0.05) is 6.42 Å². The van der Waals surface area contributed by atoms with Crippen LogP contribution in [0.4, 0.5) is 0 Å². The molecule has 0 aromatic carbocycles. The summed E-state index contributed by atoms with van der Waals surface area (Å²) < 4.78 is 0. The molecular formula is C16H23N3O. The molecular weight excluding hydrogens is 250 g/mol. The van der Waals surface area contributed by atoms with Crippen LogP contribution in [0.3, 0.4) is 0 Å². The Balaban J connectivity index is 1.77. The molecule has 0 radical (unpaired) electrons. The molecule has 2 heterocycles. The van der Waals surface area contributed by atoms with Crippen LogP contribution in [-0.4, -0.2) is 28.9 Å². The Hall–Kier alpha value is -1.42. The Bertz CT molecular complexity index is 462. The molecule has 1 amide bonds. The van der Waals surface area contributed by atoms with Gasteiger partial charge in [-0.3, -0.25) is 9.78 Å².